The Morgan fingerprint density at radius 2 is 1.81 bits per heavy atom. The van der Waals surface area contributed by atoms with Crippen LogP contribution in [0, 0.1) is 21.8 Å². The standard InChI is InChI=1S/C20H24FN3O3/c1-13(2)11-18(15-7-5-4-6-8-15)22-14(3)20(25)23-16-9-10-17(21)19(12-16)24(26)27/h4-10,12-14,18,22H,11H2,1-3H3,(H,23,25)/t14-,18-/m1/s1. The second-order valence-electron chi connectivity index (χ2n) is 6.89. The Labute approximate surface area is 157 Å². The monoisotopic (exact) mass is 373 g/mol. The van der Waals surface area contributed by atoms with Crippen molar-refractivity contribution in [2.45, 2.75) is 39.3 Å². The lowest BCUT2D eigenvalue weighted by molar-refractivity contribution is -0.387. The fourth-order valence-corrected chi connectivity index (χ4v) is 2.82. The summed E-state index contributed by atoms with van der Waals surface area (Å²) in [7, 11) is 0. The molecule has 0 fully saturated rings. The maximum Gasteiger partial charge on any atom is 0.306 e. The highest BCUT2D eigenvalue weighted by Crippen LogP contribution is 2.23. The predicted molar refractivity (Wildman–Crippen MR) is 103 cm³/mol. The first kappa shape index (κ1) is 20.5. The Morgan fingerprint density at radius 3 is 2.41 bits per heavy atom. The number of nitrogens with one attached hydrogen (secondary N) is 2. The van der Waals surface area contributed by atoms with E-state index in [1.807, 2.05) is 30.3 Å². The van der Waals surface area contributed by atoms with Crippen LogP contribution in [0.5, 0.6) is 0 Å². The number of benzene rings is 2. The van der Waals surface area contributed by atoms with Gasteiger partial charge in [-0.25, -0.2) is 0 Å². The molecular formula is C20H24FN3O3. The number of hydrogen-bond acceptors (Lipinski definition) is 4. The van der Waals surface area contributed by atoms with Crippen LogP contribution < -0.4 is 10.6 Å². The van der Waals surface area contributed by atoms with Crippen LogP contribution >= 0.6 is 0 Å². The predicted octanol–water partition coefficient (Wildman–Crippen LogP) is 4.44. The van der Waals surface area contributed by atoms with Crippen LogP contribution in [0.25, 0.3) is 0 Å². The zero-order chi connectivity index (χ0) is 20.0. The minimum atomic E-state index is -0.940. The van der Waals surface area contributed by atoms with Gasteiger partial charge in [-0.15, -0.1) is 0 Å². The average Bonchev–Trinajstić information content (AvgIpc) is 2.62. The minimum Gasteiger partial charge on any atom is -0.324 e. The van der Waals surface area contributed by atoms with Gasteiger partial charge in [-0.3, -0.25) is 20.2 Å². The van der Waals surface area contributed by atoms with Gasteiger partial charge in [0.2, 0.25) is 11.7 Å². The summed E-state index contributed by atoms with van der Waals surface area (Å²) >= 11 is 0. The van der Waals surface area contributed by atoms with E-state index in [4.69, 9.17) is 0 Å². The molecule has 0 spiro atoms. The van der Waals surface area contributed by atoms with Crippen molar-refractivity contribution in [3.8, 4) is 0 Å². The van der Waals surface area contributed by atoms with Crippen LogP contribution in [0.15, 0.2) is 48.5 Å². The maximum absolute atomic E-state index is 13.4. The third-order valence-electron chi connectivity index (χ3n) is 4.16. The Balaban J connectivity index is 2.09. The number of rotatable bonds is 8. The maximum atomic E-state index is 13.4. The largest absolute Gasteiger partial charge is 0.324 e. The summed E-state index contributed by atoms with van der Waals surface area (Å²) in [5.74, 6) is -0.858. The molecule has 2 atom stereocenters. The summed E-state index contributed by atoms with van der Waals surface area (Å²) in [5.41, 5.74) is 0.598. The van der Waals surface area contributed by atoms with Crippen LogP contribution in [0.4, 0.5) is 15.8 Å². The van der Waals surface area contributed by atoms with Crippen LogP contribution in [-0.2, 0) is 4.79 Å². The molecule has 0 heterocycles. The molecule has 0 aliphatic carbocycles. The lowest BCUT2D eigenvalue weighted by Crippen LogP contribution is -2.40. The first-order valence-electron chi connectivity index (χ1n) is 8.83. The molecule has 0 aliphatic heterocycles. The van der Waals surface area contributed by atoms with Crippen LogP contribution in [0.3, 0.4) is 0 Å². The van der Waals surface area contributed by atoms with Crippen molar-refractivity contribution in [2.24, 2.45) is 5.92 Å². The van der Waals surface area contributed by atoms with E-state index >= 15 is 0 Å². The summed E-state index contributed by atoms with van der Waals surface area (Å²) in [5, 5.41) is 16.8. The molecule has 2 aromatic carbocycles. The van der Waals surface area contributed by atoms with Gasteiger partial charge in [-0.1, -0.05) is 44.2 Å². The highest BCUT2D eigenvalue weighted by Gasteiger charge is 2.21. The van der Waals surface area contributed by atoms with Crippen molar-refractivity contribution in [1.82, 2.24) is 5.32 Å². The Hall–Kier alpha value is -2.80. The molecule has 2 aromatic rings. The van der Waals surface area contributed by atoms with Gasteiger partial charge >= 0.3 is 5.69 Å². The molecule has 0 aromatic heterocycles. The molecule has 2 N–H and O–H groups in total. The first-order chi connectivity index (χ1) is 12.8. The van der Waals surface area contributed by atoms with Crippen LogP contribution in [0.1, 0.15) is 38.8 Å². The van der Waals surface area contributed by atoms with E-state index in [-0.39, 0.29) is 17.6 Å². The van der Waals surface area contributed by atoms with Gasteiger partial charge in [-0.05, 0) is 37.0 Å². The van der Waals surface area contributed by atoms with Crippen LogP contribution in [-0.4, -0.2) is 16.9 Å². The number of nitro benzene ring substituents is 1. The molecule has 0 saturated carbocycles. The molecule has 0 saturated heterocycles. The number of hydrogen-bond donors (Lipinski definition) is 2. The van der Waals surface area contributed by atoms with Gasteiger partial charge in [0.15, 0.2) is 0 Å². The van der Waals surface area contributed by atoms with Gasteiger partial charge in [0.25, 0.3) is 0 Å². The van der Waals surface area contributed by atoms with Crippen molar-refractivity contribution in [2.75, 3.05) is 5.32 Å². The highest BCUT2D eigenvalue weighted by atomic mass is 19.1. The molecule has 7 heteroatoms. The van der Waals surface area contributed by atoms with E-state index in [0.717, 1.165) is 24.1 Å². The van der Waals surface area contributed by atoms with Crippen molar-refractivity contribution in [3.05, 3.63) is 70.0 Å². The number of amides is 1. The molecule has 0 bridgehead atoms. The third kappa shape index (κ3) is 5.86. The normalized spacial score (nSPS) is 13.2. The van der Waals surface area contributed by atoms with Gasteiger partial charge in [0.05, 0.1) is 11.0 Å². The van der Waals surface area contributed by atoms with E-state index < -0.39 is 22.5 Å². The van der Waals surface area contributed by atoms with Gasteiger partial charge in [0, 0.05) is 17.8 Å². The first-order valence-corrected chi connectivity index (χ1v) is 8.83. The molecule has 27 heavy (non-hydrogen) atoms. The lowest BCUT2D eigenvalue weighted by Gasteiger charge is -2.25. The second kappa shape index (κ2) is 9.23. The molecule has 6 nitrogen and oxygen atoms in total. The summed E-state index contributed by atoms with van der Waals surface area (Å²) in [6.45, 7) is 5.95. The van der Waals surface area contributed by atoms with Crippen molar-refractivity contribution < 1.29 is 14.1 Å². The van der Waals surface area contributed by atoms with E-state index in [2.05, 4.69) is 24.5 Å². The molecule has 0 unspecified atom stereocenters. The van der Waals surface area contributed by atoms with Gasteiger partial charge in [0.1, 0.15) is 0 Å². The Morgan fingerprint density at radius 1 is 1.15 bits per heavy atom. The summed E-state index contributed by atoms with van der Waals surface area (Å²) in [4.78, 5) is 22.5. The zero-order valence-electron chi connectivity index (χ0n) is 15.6. The summed E-state index contributed by atoms with van der Waals surface area (Å²) < 4.78 is 13.4. The molecule has 0 radical (unpaired) electrons. The topological polar surface area (TPSA) is 84.3 Å². The highest BCUT2D eigenvalue weighted by molar-refractivity contribution is 5.94. The molecule has 2 rings (SSSR count). The fourth-order valence-electron chi connectivity index (χ4n) is 2.82. The van der Waals surface area contributed by atoms with Gasteiger partial charge < -0.3 is 5.32 Å². The van der Waals surface area contributed by atoms with E-state index in [0.29, 0.717) is 5.92 Å². The molecule has 1 amide bonds. The molecule has 144 valence electrons. The number of anilines is 1. The third-order valence-corrected chi connectivity index (χ3v) is 4.16. The quantitative estimate of drug-likeness (QED) is 0.529. The average molecular weight is 373 g/mol. The van der Waals surface area contributed by atoms with Crippen molar-refractivity contribution >= 4 is 17.3 Å². The fraction of sp³-hybridized carbons (Fsp3) is 0.350. The Bertz CT molecular complexity index is 796. The number of halogens is 1. The summed E-state index contributed by atoms with van der Waals surface area (Å²) in [6, 6.07) is 12.6. The zero-order valence-corrected chi connectivity index (χ0v) is 15.6. The number of nitro groups is 1. The lowest BCUT2D eigenvalue weighted by atomic mass is 9.96. The van der Waals surface area contributed by atoms with E-state index in [1.165, 1.54) is 6.07 Å². The van der Waals surface area contributed by atoms with Crippen LogP contribution in [0.2, 0.25) is 0 Å². The number of carbonyl (C=O) groups excluding carboxylic acids is 1. The minimum absolute atomic E-state index is 0.00509. The smallest absolute Gasteiger partial charge is 0.306 e. The van der Waals surface area contributed by atoms with Gasteiger partial charge in [-0.2, -0.15) is 4.39 Å². The number of carbonyl (C=O) groups is 1. The van der Waals surface area contributed by atoms with Crippen molar-refractivity contribution in [1.29, 1.82) is 0 Å². The number of nitrogens with zero attached hydrogens (tertiary/aromatic N) is 1. The SMILES string of the molecule is CC(C)C[C@@H](N[C@H](C)C(=O)Nc1ccc(F)c([N+](=O)[O-])c1)c1ccccc1. The van der Waals surface area contributed by atoms with E-state index in [1.54, 1.807) is 6.92 Å². The van der Waals surface area contributed by atoms with Crippen molar-refractivity contribution in [3.63, 3.8) is 0 Å². The molecule has 0 aliphatic rings. The molecular weight excluding hydrogens is 349 g/mol. The Kier molecular flexibility index (Phi) is 7.01. The summed E-state index contributed by atoms with van der Waals surface area (Å²) in [6.07, 6.45) is 0.851. The second-order valence-corrected chi connectivity index (χ2v) is 6.89. The van der Waals surface area contributed by atoms with E-state index in [9.17, 15) is 19.3 Å².